The second-order valence-corrected chi connectivity index (χ2v) is 8.92. The Bertz CT molecular complexity index is 1180. The van der Waals surface area contributed by atoms with Crippen molar-refractivity contribution in [2.24, 2.45) is 0 Å². The minimum Gasteiger partial charge on any atom is -0.488 e. The molecule has 0 saturated carbocycles. The molecule has 1 unspecified atom stereocenters. The van der Waals surface area contributed by atoms with Gasteiger partial charge in [0.25, 0.3) is 0 Å². The average Bonchev–Trinajstić information content (AvgIpc) is 2.70. The van der Waals surface area contributed by atoms with Gasteiger partial charge in [0.15, 0.2) is 0 Å². The molecule has 0 aromatic heterocycles. The van der Waals surface area contributed by atoms with Crippen LogP contribution < -0.4 is 10.1 Å². The van der Waals surface area contributed by atoms with Gasteiger partial charge in [0.1, 0.15) is 18.2 Å². The largest absolute Gasteiger partial charge is 0.488 e. The number of hydrogen-bond acceptors (Lipinski definition) is 2. The molecular formula is C27H26FNO. The minimum absolute atomic E-state index is 0.178. The maximum absolute atomic E-state index is 14.1. The van der Waals surface area contributed by atoms with E-state index in [1.54, 1.807) is 12.1 Å². The zero-order chi connectivity index (χ0) is 21.0. The topological polar surface area (TPSA) is 21.3 Å². The maximum Gasteiger partial charge on any atom is 0.127 e. The predicted molar refractivity (Wildman–Crippen MR) is 121 cm³/mol. The minimum atomic E-state index is -0.237. The molecule has 0 saturated heterocycles. The van der Waals surface area contributed by atoms with Gasteiger partial charge in [-0.3, -0.25) is 0 Å². The van der Waals surface area contributed by atoms with Crippen LogP contribution in [0.4, 0.5) is 10.1 Å². The lowest BCUT2D eigenvalue weighted by molar-refractivity contribution is 0.299. The third kappa shape index (κ3) is 2.92. The highest BCUT2D eigenvalue weighted by Gasteiger charge is 2.38. The number of fused-ring (bicyclic) bond motifs is 5. The molecule has 5 rings (SSSR count). The van der Waals surface area contributed by atoms with Crippen LogP contribution in [0.5, 0.6) is 5.75 Å². The Labute approximate surface area is 177 Å². The number of ether oxygens (including phenoxy) is 1. The smallest absolute Gasteiger partial charge is 0.127 e. The number of aryl methyl sites for hydroxylation is 1. The van der Waals surface area contributed by atoms with Crippen LogP contribution in [0.25, 0.3) is 17.2 Å². The normalized spacial score (nSPS) is 19.9. The first-order chi connectivity index (χ1) is 14.3. The second kappa shape index (κ2) is 6.73. The van der Waals surface area contributed by atoms with E-state index in [0.717, 1.165) is 33.7 Å². The Morgan fingerprint density at radius 1 is 1.10 bits per heavy atom. The monoisotopic (exact) mass is 399 g/mol. The van der Waals surface area contributed by atoms with Crippen LogP contribution in [0.15, 0.2) is 60.2 Å². The van der Waals surface area contributed by atoms with Gasteiger partial charge in [-0.05, 0) is 72.9 Å². The molecule has 0 radical (unpaired) electrons. The summed E-state index contributed by atoms with van der Waals surface area (Å²) in [6.45, 7) is 9.35. The summed E-state index contributed by atoms with van der Waals surface area (Å²) in [4.78, 5) is 0. The van der Waals surface area contributed by atoms with Crippen molar-refractivity contribution >= 4 is 11.8 Å². The first-order valence-corrected chi connectivity index (χ1v) is 10.5. The van der Waals surface area contributed by atoms with Gasteiger partial charge in [-0.15, -0.1) is 0 Å². The SMILES string of the molecule is Cc1cc2c(c3c1-c1cc(F)ccc1OC3)C(C)C(=Cc1ccccc1)C(C)(C)N2. The van der Waals surface area contributed by atoms with E-state index in [2.05, 4.69) is 69.4 Å². The molecule has 0 fully saturated rings. The first-order valence-electron chi connectivity index (χ1n) is 10.5. The van der Waals surface area contributed by atoms with E-state index >= 15 is 0 Å². The van der Waals surface area contributed by atoms with Crippen molar-refractivity contribution in [3.63, 3.8) is 0 Å². The molecule has 3 heteroatoms. The maximum atomic E-state index is 14.1. The van der Waals surface area contributed by atoms with Crippen molar-refractivity contribution in [1.29, 1.82) is 0 Å². The number of benzene rings is 3. The summed E-state index contributed by atoms with van der Waals surface area (Å²) in [5.74, 6) is 0.729. The molecule has 1 N–H and O–H groups in total. The van der Waals surface area contributed by atoms with E-state index in [-0.39, 0.29) is 17.3 Å². The summed E-state index contributed by atoms with van der Waals surface area (Å²) in [6, 6.07) is 17.5. The lowest BCUT2D eigenvalue weighted by Gasteiger charge is -2.43. The van der Waals surface area contributed by atoms with Gasteiger partial charge in [-0.2, -0.15) is 0 Å². The summed E-state index contributed by atoms with van der Waals surface area (Å²) in [5, 5.41) is 3.77. The highest BCUT2D eigenvalue weighted by molar-refractivity contribution is 5.84. The Balaban J connectivity index is 1.72. The molecule has 152 valence electrons. The van der Waals surface area contributed by atoms with Gasteiger partial charge in [-0.1, -0.05) is 43.3 Å². The zero-order valence-corrected chi connectivity index (χ0v) is 17.8. The molecule has 2 nitrogen and oxygen atoms in total. The van der Waals surface area contributed by atoms with Crippen molar-refractivity contribution in [2.75, 3.05) is 5.32 Å². The fourth-order valence-electron chi connectivity index (χ4n) is 5.14. The Morgan fingerprint density at radius 2 is 1.87 bits per heavy atom. The van der Waals surface area contributed by atoms with Crippen LogP contribution in [-0.2, 0) is 6.61 Å². The van der Waals surface area contributed by atoms with Gasteiger partial charge in [0.05, 0.1) is 5.54 Å². The lowest BCUT2D eigenvalue weighted by Crippen LogP contribution is -2.40. The van der Waals surface area contributed by atoms with Gasteiger partial charge in [0, 0.05) is 22.7 Å². The fourth-order valence-corrected chi connectivity index (χ4v) is 5.14. The van der Waals surface area contributed by atoms with E-state index in [9.17, 15) is 4.39 Å². The molecule has 1 atom stereocenters. The van der Waals surface area contributed by atoms with E-state index in [1.165, 1.54) is 22.8 Å². The zero-order valence-electron chi connectivity index (χ0n) is 17.8. The highest BCUT2D eigenvalue weighted by Crippen LogP contribution is 2.51. The number of halogens is 1. The van der Waals surface area contributed by atoms with Crippen LogP contribution in [0.1, 0.15) is 48.9 Å². The van der Waals surface area contributed by atoms with Crippen molar-refractivity contribution in [2.45, 2.75) is 45.8 Å². The average molecular weight is 400 g/mol. The van der Waals surface area contributed by atoms with Crippen LogP contribution in [0.2, 0.25) is 0 Å². The summed E-state index contributed by atoms with van der Waals surface area (Å²) in [7, 11) is 0. The lowest BCUT2D eigenvalue weighted by atomic mass is 9.72. The summed E-state index contributed by atoms with van der Waals surface area (Å²) < 4.78 is 20.1. The number of rotatable bonds is 1. The van der Waals surface area contributed by atoms with E-state index in [4.69, 9.17) is 4.74 Å². The van der Waals surface area contributed by atoms with E-state index in [1.807, 2.05) is 6.07 Å². The van der Waals surface area contributed by atoms with Crippen LogP contribution in [-0.4, -0.2) is 5.54 Å². The summed E-state index contributed by atoms with van der Waals surface area (Å²) >= 11 is 0. The molecule has 2 aliphatic rings. The fraction of sp³-hybridized carbons (Fsp3) is 0.259. The van der Waals surface area contributed by atoms with Gasteiger partial charge >= 0.3 is 0 Å². The molecule has 0 amide bonds. The molecule has 0 bridgehead atoms. The number of nitrogens with one attached hydrogen (secondary N) is 1. The molecule has 0 spiro atoms. The first kappa shape index (κ1) is 18.9. The molecule has 3 aromatic rings. The molecule has 0 aliphatic carbocycles. The quantitative estimate of drug-likeness (QED) is 0.472. The van der Waals surface area contributed by atoms with Crippen LogP contribution in [0, 0.1) is 12.7 Å². The Hall–Kier alpha value is -3.07. The van der Waals surface area contributed by atoms with Crippen molar-refractivity contribution in [3.8, 4) is 16.9 Å². The standard InChI is InChI=1S/C27H26FNO/c1-16-12-23-26(21-15-30-24-11-10-19(28)14-20(24)25(16)21)17(2)22(27(3,4)29-23)13-18-8-6-5-7-9-18/h5-14,17,29H,15H2,1-4H3. The van der Waals surface area contributed by atoms with Crippen LogP contribution in [0.3, 0.4) is 0 Å². The highest BCUT2D eigenvalue weighted by atomic mass is 19.1. The number of hydrogen-bond donors (Lipinski definition) is 1. The van der Waals surface area contributed by atoms with Crippen LogP contribution >= 0.6 is 0 Å². The second-order valence-electron chi connectivity index (χ2n) is 8.92. The third-order valence-electron chi connectivity index (χ3n) is 6.45. The van der Waals surface area contributed by atoms with Gasteiger partial charge < -0.3 is 10.1 Å². The van der Waals surface area contributed by atoms with Crippen molar-refractivity contribution in [3.05, 3.63) is 88.2 Å². The molecule has 2 heterocycles. The molecule has 2 aliphatic heterocycles. The van der Waals surface area contributed by atoms with Crippen molar-refractivity contribution < 1.29 is 9.13 Å². The third-order valence-corrected chi connectivity index (χ3v) is 6.45. The van der Waals surface area contributed by atoms with E-state index < -0.39 is 0 Å². The molecule has 3 aromatic carbocycles. The van der Waals surface area contributed by atoms with E-state index in [0.29, 0.717) is 6.61 Å². The molecular weight excluding hydrogens is 373 g/mol. The Morgan fingerprint density at radius 3 is 2.63 bits per heavy atom. The van der Waals surface area contributed by atoms with Crippen molar-refractivity contribution in [1.82, 2.24) is 0 Å². The summed E-state index contributed by atoms with van der Waals surface area (Å²) in [6.07, 6.45) is 2.30. The summed E-state index contributed by atoms with van der Waals surface area (Å²) in [5.41, 5.74) is 9.03. The molecule has 30 heavy (non-hydrogen) atoms. The Kier molecular flexibility index (Phi) is 4.25. The number of anilines is 1. The predicted octanol–water partition coefficient (Wildman–Crippen LogP) is 7.08. The van der Waals surface area contributed by atoms with Gasteiger partial charge in [-0.25, -0.2) is 4.39 Å². The van der Waals surface area contributed by atoms with Gasteiger partial charge in [0.2, 0.25) is 0 Å².